The zero-order chi connectivity index (χ0) is 15.2. The predicted octanol–water partition coefficient (Wildman–Crippen LogP) is 2.60. The van der Waals surface area contributed by atoms with E-state index >= 15 is 0 Å². The summed E-state index contributed by atoms with van der Waals surface area (Å²) in [6, 6.07) is 1.40. The molecule has 0 spiro atoms. The fourth-order valence-electron chi connectivity index (χ4n) is 1.37. The lowest BCUT2D eigenvalue weighted by atomic mass is 10.3. The molecule has 1 rings (SSSR count). The minimum absolute atomic E-state index is 0.0112. The van der Waals surface area contributed by atoms with Gasteiger partial charge >= 0.3 is 0 Å². The smallest absolute Gasteiger partial charge is 0.244 e. The molecule has 0 fully saturated rings. The van der Waals surface area contributed by atoms with Crippen molar-refractivity contribution in [2.45, 2.75) is 11.3 Å². The molecular weight excluding hydrogens is 356 g/mol. The topological polar surface area (TPSA) is 55.4 Å². The molecule has 1 aromatic carbocycles. The van der Waals surface area contributed by atoms with Crippen LogP contribution in [0.5, 0.6) is 0 Å². The Morgan fingerprint density at radius 2 is 2.05 bits per heavy atom. The standard InChI is InChI=1S/C12H14BrF2NO3S/c1-2-3-5-19-6-4-16-20(17,18)12-10(13)7-9(14)8-11(12)15/h2,7-8,16H,1,3-6H2. The Balaban J connectivity index is 2.68. The van der Waals surface area contributed by atoms with Crippen LogP contribution >= 0.6 is 15.9 Å². The fraction of sp³-hybridized carbons (Fsp3) is 0.333. The van der Waals surface area contributed by atoms with Crippen LogP contribution in [0.4, 0.5) is 8.78 Å². The van der Waals surface area contributed by atoms with Crippen LogP contribution in [0.3, 0.4) is 0 Å². The Labute approximate surface area is 125 Å². The molecule has 0 amide bonds. The van der Waals surface area contributed by atoms with Crippen LogP contribution in [0.1, 0.15) is 6.42 Å². The Kier molecular flexibility index (Phi) is 6.74. The Morgan fingerprint density at radius 1 is 1.35 bits per heavy atom. The summed E-state index contributed by atoms with van der Waals surface area (Å²) >= 11 is 2.84. The first-order valence-corrected chi connectivity index (χ1v) is 7.99. The average molecular weight is 370 g/mol. The third-order valence-corrected chi connectivity index (χ3v) is 4.66. The molecule has 112 valence electrons. The van der Waals surface area contributed by atoms with Gasteiger partial charge in [-0.2, -0.15) is 0 Å². The highest BCUT2D eigenvalue weighted by Gasteiger charge is 2.23. The van der Waals surface area contributed by atoms with Crippen LogP contribution in [-0.4, -0.2) is 28.2 Å². The quantitative estimate of drug-likeness (QED) is 0.565. The van der Waals surface area contributed by atoms with Crippen molar-refractivity contribution in [2.75, 3.05) is 19.8 Å². The highest BCUT2D eigenvalue weighted by molar-refractivity contribution is 9.10. The van der Waals surface area contributed by atoms with E-state index in [9.17, 15) is 17.2 Å². The van der Waals surface area contributed by atoms with Crippen LogP contribution < -0.4 is 4.72 Å². The highest BCUT2D eigenvalue weighted by atomic mass is 79.9. The number of hydrogen-bond donors (Lipinski definition) is 1. The second-order valence-electron chi connectivity index (χ2n) is 3.79. The fourth-order valence-corrected chi connectivity index (χ4v) is 3.55. The van der Waals surface area contributed by atoms with E-state index < -0.39 is 26.6 Å². The zero-order valence-corrected chi connectivity index (χ0v) is 12.9. The van der Waals surface area contributed by atoms with Gasteiger partial charge in [-0.15, -0.1) is 6.58 Å². The van der Waals surface area contributed by atoms with Crippen molar-refractivity contribution in [3.05, 3.63) is 40.9 Å². The van der Waals surface area contributed by atoms with Gasteiger partial charge in [0.2, 0.25) is 10.0 Å². The van der Waals surface area contributed by atoms with E-state index in [4.69, 9.17) is 4.74 Å². The van der Waals surface area contributed by atoms with E-state index in [-0.39, 0.29) is 17.6 Å². The van der Waals surface area contributed by atoms with Crippen molar-refractivity contribution in [3.63, 3.8) is 0 Å². The van der Waals surface area contributed by atoms with E-state index in [1.165, 1.54) is 0 Å². The maximum Gasteiger partial charge on any atom is 0.244 e. The van der Waals surface area contributed by atoms with Crippen molar-refractivity contribution >= 4 is 26.0 Å². The number of hydrogen-bond acceptors (Lipinski definition) is 3. The number of rotatable bonds is 8. The SMILES string of the molecule is C=CCCOCCNS(=O)(=O)c1c(F)cc(F)cc1Br. The first-order chi connectivity index (χ1) is 9.38. The minimum atomic E-state index is -4.07. The average Bonchev–Trinajstić information content (AvgIpc) is 2.31. The van der Waals surface area contributed by atoms with Gasteiger partial charge in [-0.1, -0.05) is 6.08 Å². The van der Waals surface area contributed by atoms with Crippen molar-refractivity contribution in [1.82, 2.24) is 4.72 Å². The summed E-state index contributed by atoms with van der Waals surface area (Å²) in [5, 5.41) is 0. The molecule has 4 nitrogen and oxygen atoms in total. The minimum Gasteiger partial charge on any atom is -0.380 e. The molecule has 0 aromatic heterocycles. The van der Waals surface area contributed by atoms with Gasteiger partial charge in [-0.05, 0) is 28.4 Å². The normalized spacial score (nSPS) is 11.6. The van der Waals surface area contributed by atoms with Gasteiger partial charge < -0.3 is 4.74 Å². The van der Waals surface area contributed by atoms with Crippen LogP contribution in [0.2, 0.25) is 0 Å². The molecule has 1 aromatic rings. The molecule has 0 unspecified atom stereocenters. The summed E-state index contributed by atoms with van der Waals surface area (Å²) in [6.07, 6.45) is 2.33. The summed E-state index contributed by atoms with van der Waals surface area (Å²) in [4.78, 5) is -0.620. The molecule has 0 aliphatic heterocycles. The largest absolute Gasteiger partial charge is 0.380 e. The monoisotopic (exact) mass is 369 g/mol. The van der Waals surface area contributed by atoms with Crippen molar-refractivity contribution in [2.24, 2.45) is 0 Å². The number of ether oxygens (including phenoxy) is 1. The van der Waals surface area contributed by atoms with Gasteiger partial charge in [0, 0.05) is 17.1 Å². The van der Waals surface area contributed by atoms with Gasteiger partial charge in [0.25, 0.3) is 0 Å². The summed E-state index contributed by atoms with van der Waals surface area (Å²) in [7, 11) is -4.07. The Morgan fingerprint density at radius 3 is 2.65 bits per heavy atom. The molecule has 20 heavy (non-hydrogen) atoms. The summed E-state index contributed by atoms with van der Waals surface area (Å²) in [6.45, 7) is 4.08. The third kappa shape index (κ3) is 4.93. The van der Waals surface area contributed by atoms with Gasteiger partial charge in [-0.25, -0.2) is 21.9 Å². The lowest BCUT2D eigenvalue weighted by Gasteiger charge is -2.09. The van der Waals surface area contributed by atoms with E-state index in [0.717, 1.165) is 6.07 Å². The van der Waals surface area contributed by atoms with E-state index in [2.05, 4.69) is 27.2 Å². The molecule has 0 aliphatic carbocycles. The van der Waals surface area contributed by atoms with Crippen molar-refractivity contribution in [3.8, 4) is 0 Å². The van der Waals surface area contributed by atoms with Crippen molar-refractivity contribution in [1.29, 1.82) is 0 Å². The lowest BCUT2D eigenvalue weighted by molar-refractivity contribution is 0.144. The van der Waals surface area contributed by atoms with Crippen LogP contribution in [0, 0.1) is 11.6 Å². The molecule has 0 aliphatic rings. The second kappa shape index (κ2) is 7.82. The molecule has 1 N–H and O–H groups in total. The molecular formula is C12H14BrF2NO3S. The van der Waals surface area contributed by atoms with Gasteiger partial charge in [0.1, 0.15) is 16.5 Å². The molecule has 8 heteroatoms. The Hall–Kier alpha value is -0.830. The van der Waals surface area contributed by atoms with Crippen LogP contribution in [-0.2, 0) is 14.8 Å². The van der Waals surface area contributed by atoms with Gasteiger partial charge in [-0.3, -0.25) is 0 Å². The highest BCUT2D eigenvalue weighted by Crippen LogP contribution is 2.25. The first-order valence-electron chi connectivity index (χ1n) is 5.71. The zero-order valence-electron chi connectivity index (χ0n) is 10.5. The van der Waals surface area contributed by atoms with Crippen LogP contribution in [0.25, 0.3) is 0 Å². The van der Waals surface area contributed by atoms with Gasteiger partial charge in [0.05, 0.1) is 13.2 Å². The van der Waals surface area contributed by atoms with Gasteiger partial charge in [0.15, 0.2) is 0 Å². The molecule has 0 heterocycles. The van der Waals surface area contributed by atoms with Crippen LogP contribution in [0.15, 0.2) is 34.2 Å². The summed E-state index contributed by atoms with van der Waals surface area (Å²) in [5.41, 5.74) is 0. The maximum absolute atomic E-state index is 13.6. The van der Waals surface area contributed by atoms with E-state index in [0.29, 0.717) is 19.1 Å². The second-order valence-corrected chi connectivity index (χ2v) is 6.34. The predicted molar refractivity (Wildman–Crippen MR) is 74.9 cm³/mol. The number of sulfonamides is 1. The maximum atomic E-state index is 13.6. The molecule has 0 atom stereocenters. The lowest BCUT2D eigenvalue weighted by Crippen LogP contribution is -2.28. The number of nitrogens with one attached hydrogen (secondary N) is 1. The van der Waals surface area contributed by atoms with E-state index in [1.807, 2.05) is 0 Å². The molecule has 0 radical (unpaired) electrons. The number of halogens is 3. The number of benzene rings is 1. The molecule has 0 saturated carbocycles. The molecule has 0 bridgehead atoms. The van der Waals surface area contributed by atoms with Crippen molar-refractivity contribution < 1.29 is 21.9 Å². The third-order valence-electron chi connectivity index (χ3n) is 2.24. The summed E-state index contributed by atoms with van der Waals surface area (Å²) < 4.78 is 57.4. The van der Waals surface area contributed by atoms with E-state index in [1.54, 1.807) is 6.08 Å². The Bertz CT molecular complexity index is 555. The molecule has 0 saturated heterocycles. The first kappa shape index (κ1) is 17.2. The summed E-state index contributed by atoms with van der Waals surface area (Å²) in [5.74, 6) is -2.02.